The van der Waals surface area contributed by atoms with Crippen molar-refractivity contribution in [2.45, 2.75) is 32.4 Å². The van der Waals surface area contributed by atoms with Gasteiger partial charge in [0.1, 0.15) is 17.5 Å². The van der Waals surface area contributed by atoms with Crippen LogP contribution in [0.1, 0.15) is 32.4 Å². The number of carbonyl (C=O) groups is 1. The summed E-state index contributed by atoms with van der Waals surface area (Å²) in [5, 5.41) is 2.54. The van der Waals surface area contributed by atoms with Crippen LogP contribution < -0.4 is 5.32 Å². The Morgan fingerprint density at radius 2 is 1.94 bits per heavy atom. The van der Waals surface area contributed by atoms with Gasteiger partial charge in [-0.2, -0.15) is 0 Å². The summed E-state index contributed by atoms with van der Waals surface area (Å²) in [6.45, 7) is 5.28. The molecule has 1 aromatic carbocycles. The Bertz CT molecular complexity index is 454. The van der Waals surface area contributed by atoms with Crippen molar-refractivity contribution in [1.82, 2.24) is 5.32 Å². The van der Waals surface area contributed by atoms with Gasteiger partial charge in [-0.25, -0.2) is 9.18 Å². The Labute approximate surface area is 106 Å². The first kappa shape index (κ1) is 14.0. The van der Waals surface area contributed by atoms with E-state index in [1.807, 2.05) is 0 Å². The van der Waals surface area contributed by atoms with Gasteiger partial charge in [0.15, 0.2) is 0 Å². The Kier molecular flexibility index (Phi) is 4.33. The second kappa shape index (κ2) is 5.54. The standard InChI is InChI=1S/C14H16FNO2/c1-5-12(10-6-8-11(15)9-7-10)16-13(17)18-14(2,3)4/h1,6-9,12H,2-4H3,(H,16,17). The number of halogens is 1. The molecule has 0 heterocycles. The normalized spacial score (nSPS) is 12.4. The second-order valence-electron chi connectivity index (χ2n) is 4.80. The van der Waals surface area contributed by atoms with Gasteiger partial charge in [-0.05, 0) is 38.5 Å². The molecular formula is C14H16FNO2. The Balaban J connectivity index is 2.72. The monoisotopic (exact) mass is 249 g/mol. The third-order valence-electron chi connectivity index (χ3n) is 2.03. The lowest BCUT2D eigenvalue weighted by Gasteiger charge is -2.21. The zero-order chi connectivity index (χ0) is 13.8. The first-order chi connectivity index (χ1) is 8.31. The van der Waals surface area contributed by atoms with Crippen LogP contribution in [0, 0.1) is 18.2 Å². The zero-order valence-corrected chi connectivity index (χ0v) is 10.7. The minimum Gasteiger partial charge on any atom is -0.444 e. The lowest BCUT2D eigenvalue weighted by atomic mass is 10.1. The second-order valence-corrected chi connectivity index (χ2v) is 4.80. The van der Waals surface area contributed by atoms with Gasteiger partial charge in [0, 0.05) is 0 Å². The Morgan fingerprint density at radius 3 is 2.39 bits per heavy atom. The maximum Gasteiger partial charge on any atom is 0.408 e. The predicted molar refractivity (Wildman–Crippen MR) is 67.3 cm³/mol. The highest BCUT2D eigenvalue weighted by Gasteiger charge is 2.19. The highest BCUT2D eigenvalue weighted by molar-refractivity contribution is 5.69. The third-order valence-corrected chi connectivity index (χ3v) is 2.03. The number of nitrogens with one attached hydrogen (secondary N) is 1. The molecule has 4 heteroatoms. The molecule has 18 heavy (non-hydrogen) atoms. The molecule has 3 nitrogen and oxygen atoms in total. The van der Waals surface area contributed by atoms with E-state index in [2.05, 4.69) is 11.2 Å². The number of rotatable bonds is 2. The number of terminal acetylenes is 1. The summed E-state index contributed by atoms with van der Waals surface area (Å²) in [4.78, 5) is 11.6. The molecule has 0 saturated carbocycles. The van der Waals surface area contributed by atoms with E-state index in [9.17, 15) is 9.18 Å². The molecule has 96 valence electrons. The van der Waals surface area contributed by atoms with Crippen LogP contribution in [0.2, 0.25) is 0 Å². The van der Waals surface area contributed by atoms with Crippen molar-refractivity contribution in [2.75, 3.05) is 0 Å². The van der Waals surface area contributed by atoms with Crippen molar-refractivity contribution >= 4 is 6.09 Å². The van der Waals surface area contributed by atoms with E-state index >= 15 is 0 Å². The molecule has 1 amide bonds. The largest absolute Gasteiger partial charge is 0.444 e. The van der Waals surface area contributed by atoms with Gasteiger partial charge in [0.25, 0.3) is 0 Å². The molecule has 1 atom stereocenters. The van der Waals surface area contributed by atoms with E-state index in [4.69, 9.17) is 11.2 Å². The van der Waals surface area contributed by atoms with Crippen molar-refractivity contribution in [1.29, 1.82) is 0 Å². The number of alkyl carbamates (subject to hydrolysis) is 1. The maximum atomic E-state index is 12.8. The molecule has 0 fully saturated rings. The molecule has 0 aliphatic heterocycles. The van der Waals surface area contributed by atoms with Crippen molar-refractivity contribution in [3.05, 3.63) is 35.6 Å². The summed E-state index contributed by atoms with van der Waals surface area (Å²) in [6, 6.07) is 4.99. The Morgan fingerprint density at radius 1 is 1.39 bits per heavy atom. The number of hydrogen-bond acceptors (Lipinski definition) is 2. The van der Waals surface area contributed by atoms with Crippen LogP contribution in [-0.4, -0.2) is 11.7 Å². The highest BCUT2D eigenvalue weighted by Crippen LogP contribution is 2.14. The first-order valence-electron chi connectivity index (χ1n) is 5.53. The van der Waals surface area contributed by atoms with E-state index < -0.39 is 17.7 Å². The van der Waals surface area contributed by atoms with E-state index in [1.165, 1.54) is 24.3 Å². The number of ether oxygens (including phenoxy) is 1. The molecule has 1 unspecified atom stereocenters. The highest BCUT2D eigenvalue weighted by atomic mass is 19.1. The summed E-state index contributed by atoms with van der Waals surface area (Å²) in [6.07, 6.45) is 4.74. The summed E-state index contributed by atoms with van der Waals surface area (Å²) in [5.41, 5.74) is 0.0382. The number of hydrogen-bond donors (Lipinski definition) is 1. The minimum atomic E-state index is -0.638. The minimum absolute atomic E-state index is 0.355. The van der Waals surface area contributed by atoms with Crippen LogP contribution in [0.4, 0.5) is 9.18 Å². The topological polar surface area (TPSA) is 38.3 Å². The number of amides is 1. The molecule has 0 spiro atoms. The van der Waals surface area contributed by atoms with Crippen molar-refractivity contribution in [2.24, 2.45) is 0 Å². The fraction of sp³-hybridized carbons (Fsp3) is 0.357. The third kappa shape index (κ3) is 4.46. The summed E-state index contributed by atoms with van der Waals surface area (Å²) < 4.78 is 17.9. The van der Waals surface area contributed by atoms with Crippen LogP contribution in [-0.2, 0) is 4.74 Å². The van der Waals surface area contributed by atoms with Gasteiger partial charge in [-0.3, -0.25) is 0 Å². The van der Waals surface area contributed by atoms with E-state index in [1.54, 1.807) is 20.8 Å². The van der Waals surface area contributed by atoms with E-state index in [0.29, 0.717) is 5.56 Å². The fourth-order valence-electron chi connectivity index (χ4n) is 1.30. The quantitative estimate of drug-likeness (QED) is 0.818. The SMILES string of the molecule is C#CC(NC(=O)OC(C)(C)C)c1ccc(F)cc1. The van der Waals surface area contributed by atoms with Crippen molar-refractivity contribution < 1.29 is 13.9 Å². The van der Waals surface area contributed by atoms with Gasteiger partial charge >= 0.3 is 6.09 Å². The van der Waals surface area contributed by atoms with Crippen LogP contribution in [0.5, 0.6) is 0 Å². The molecule has 0 aromatic heterocycles. The Hall–Kier alpha value is -2.02. The van der Waals surface area contributed by atoms with Crippen molar-refractivity contribution in [3.63, 3.8) is 0 Å². The van der Waals surface area contributed by atoms with Crippen molar-refractivity contribution in [3.8, 4) is 12.3 Å². The number of benzene rings is 1. The summed E-state index contributed by atoms with van der Waals surface area (Å²) in [7, 11) is 0. The molecule has 0 saturated heterocycles. The fourth-order valence-corrected chi connectivity index (χ4v) is 1.30. The molecule has 0 bridgehead atoms. The molecular weight excluding hydrogens is 233 g/mol. The van der Waals surface area contributed by atoms with Gasteiger partial charge in [0.2, 0.25) is 0 Å². The molecule has 1 N–H and O–H groups in total. The summed E-state index contributed by atoms with van der Waals surface area (Å²) >= 11 is 0. The lowest BCUT2D eigenvalue weighted by molar-refractivity contribution is 0.0516. The van der Waals surface area contributed by atoms with E-state index in [-0.39, 0.29) is 5.82 Å². The van der Waals surface area contributed by atoms with Crippen LogP contribution >= 0.6 is 0 Å². The molecule has 0 aliphatic rings. The molecule has 1 aromatic rings. The average Bonchev–Trinajstić information content (AvgIpc) is 2.25. The maximum absolute atomic E-state index is 12.8. The van der Waals surface area contributed by atoms with Crippen LogP contribution in [0.15, 0.2) is 24.3 Å². The molecule has 1 rings (SSSR count). The van der Waals surface area contributed by atoms with Gasteiger partial charge in [0.05, 0.1) is 0 Å². The first-order valence-corrected chi connectivity index (χ1v) is 5.53. The molecule has 0 aliphatic carbocycles. The van der Waals surface area contributed by atoms with Crippen LogP contribution in [0.25, 0.3) is 0 Å². The number of carbonyl (C=O) groups excluding carboxylic acids is 1. The van der Waals surface area contributed by atoms with Gasteiger partial charge < -0.3 is 10.1 Å². The van der Waals surface area contributed by atoms with Crippen LogP contribution in [0.3, 0.4) is 0 Å². The molecule has 0 radical (unpaired) electrons. The van der Waals surface area contributed by atoms with Gasteiger partial charge in [-0.1, -0.05) is 18.1 Å². The van der Waals surface area contributed by atoms with Gasteiger partial charge in [-0.15, -0.1) is 6.42 Å². The smallest absolute Gasteiger partial charge is 0.408 e. The lowest BCUT2D eigenvalue weighted by Crippen LogP contribution is -2.34. The van der Waals surface area contributed by atoms with E-state index in [0.717, 1.165) is 0 Å². The summed E-state index contributed by atoms with van der Waals surface area (Å²) in [5.74, 6) is 2.07. The average molecular weight is 249 g/mol. The zero-order valence-electron chi connectivity index (χ0n) is 10.7. The predicted octanol–water partition coefficient (Wildman–Crippen LogP) is 3.02.